The van der Waals surface area contributed by atoms with E-state index < -0.39 is 5.79 Å². The van der Waals surface area contributed by atoms with Gasteiger partial charge in [-0.2, -0.15) is 0 Å². The van der Waals surface area contributed by atoms with Gasteiger partial charge in [-0.3, -0.25) is 0 Å². The molecule has 1 N–H and O–H groups in total. The average Bonchev–Trinajstić information content (AvgIpc) is 2.99. The zero-order valence-corrected chi connectivity index (χ0v) is 16.8. The first-order valence-electron chi connectivity index (χ1n) is 10.9. The fraction of sp³-hybridized carbons (Fsp3) is 0.739. The number of rotatable bonds is 12. The number of aliphatic hydroxyl groups is 1. The molecule has 4 nitrogen and oxygen atoms in total. The van der Waals surface area contributed by atoms with E-state index >= 15 is 0 Å². The maximum Gasteiger partial charge on any atom is 0.169 e. The lowest BCUT2D eigenvalue weighted by Crippen LogP contribution is -2.41. The lowest BCUT2D eigenvalue weighted by Gasteiger charge is -2.33. The van der Waals surface area contributed by atoms with Gasteiger partial charge < -0.3 is 19.3 Å². The number of aliphatic hydroxyl groups excluding tert-OH is 1. The molecule has 0 radical (unpaired) electrons. The summed E-state index contributed by atoms with van der Waals surface area (Å²) in [6.45, 7) is 3.70. The number of unbranched alkanes of at least 4 members (excludes halogenated alkanes) is 4. The molecule has 27 heavy (non-hydrogen) atoms. The quantitative estimate of drug-likeness (QED) is 0.523. The maximum absolute atomic E-state index is 10.3. The Balaban J connectivity index is 1.32. The van der Waals surface area contributed by atoms with E-state index in [0.29, 0.717) is 6.61 Å². The number of fused-ring (bicyclic) bond motifs is 2. The van der Waals surface area contributed by atoms with Crippen LogP contribution >= 0.6 is 0 Å². The molecule has 2 heterocycles. The summed E-state index contributed by atoms with van der Waals surface area (Å²) in [4.78, 5) is 0. The molecule has 4 heteroatoms. The van der Waals surface area contributed by atoms with E-state index in [2.05, 4.69) is 19.1 Å². The molecule has 2 bridgehead atoms. The molecule has 1 aromatic carbocycles. The van der Waals surface area contributed by atoms with Gasteiger partial charge in [0, 0.05) is 19.4 Å². The molecule has 0 unspecified atom stereocenters. The van der Waals surface area contributed by atoms with Crippen molar-refractivity contribution < 1.29 is 19.3 Å². The van der Waals surface area contributed by atoms with E-state index in [1.54, 1.807) is 0 Å². The highest BCUT2D eigenvalue weighted by Crippen LogP contribution is 2.44. The topological polar surface area (TPSA) is 47.9 Å². The first-order valence-corrected chi connectivity index (χ1v) is 10.9. The van der Waals surface area contributed by atoms with Crippen molar-refractivity contribution in [1.29, 1.82) is 0 Å². The minimum atomic E-state index is -0.414. The molecule has 0 aliphatic carbocycles. The monoisotopic (exact) mass is 376 g/mol. The van der Waals surface area contributed by atoms with E-state index in [1.165, 1.54) is 18.4 Å². The Bertz CT molecular complexity index is 534. The highest BCUT2D eigenvalue weighted by molar-refractivity contribution is 5.13. The van der Waals surface area contributed by atoms with E-state index in [0.717, 1.165) is 58.0 Å². The summed E-state index contributed by atoms with van der Waals surface area (Å²) in [5, 5.41) is 10.3. The van der Waals surface area contributed by atoms with Crippen LogP contribution in [0.15, 0.2) is 30.3 Å². The lowest BCUT2D eigenvalue weighted by atomic mass is 9.94. The summed E-state index contributed by atoms with van der Waals surface area (Å²) in [5.41, 5.74) is 1.23. The number of ether oxygens (including phenoxy) is 3. The van der Waals surface area contributed by atoms with Crippen LogP contribution in [0.1, 0.15) is 76.7 Å². The summed E-state index contributed by atoms with van der Waals surface area (Å²) in [6, 6.07) is 10.3. The van der Waals surface area contributed by atoms with Crippen molar-refractivity contribution in [3.63, 3.8) is 0 Å². The Kier molecular flexibility index (Phi) is 8.13. The van der Waals surface area contributed by atoms with Crippen LogP contribution in [-0.2, 0) is 20.8 Å². The van der Waals surface area contributed by atoms with Gasteiger partial charge in [0.1, 0.15) is 6.10 Å². The predicted molar refractivity (Wildman–Crippen MR) is 106 cm³/mol. The summed E-state index contributed by atoms with van der Waals surface area (Å²) < 4.78 is 18.3. The molecule has 152 valence electrons. The molecule has 0 spiro atoms. The molecule has 2 fully saturated rings. The molecule has 2 aliphatic rings. The van der Waals surface area contributed by atoms with Gasteiger partial charge in [0.15, 0.2) is 5.79 Å². The van der Waals surface area contributed by atoms with Crippen LogP contribution in [0.4, 0.5) is 0 Å². The molecule has 2 aliphatic heterocycles. The molecular formula is C23H36O4. The highest BCUT2D eigenvalue weighted by Gasteiger charge is 2.52. The van der Waals surface area contributed by atoms with Gasteiger partial charge in [0.05, 0.1) is 18.8 Å². The zero-order chi connectivity index (χ0) is 19.0. The van der Waals surface area contributed by atoms with Crippen molar-refractivity contribution in [3.8, 4) is 0 Å². The fourth-order valence-electron chi connectivity index (χ4n) is 4.27. The lowest BCUT2D eigenvalue weighted by molar-refractivity contribution is -0.214. The first-order chi connectivity index (χ1) is 13.2. The number of hydrogen-bond acceptors (Lipinski definition) is 4. The highest BCUT2D eigenvalue weighted by atomic mass is 16.8. The minimum absolute atomic E-state index is 0.0503. The smallest absolute Gasteiger partial charge is 0.169 e. The minimum Gasteiger partial charge on any atom is -0.390 e. The van der Waals surface area contributed by atoms with Crippen LogP contribution in [0.25, 0.3) is 0 Å². The van der Waals surface area contributed by atoms with Crippen LogP contribution < -0.4 is 0 Å². The van der Waals surface area contributed by atoms with Crippen molar-refractivity contribution in [2.24, 2.45) is 0 Å². The van der Waals surface area contributed by atoms with Crippen molar-refractivity contribution in [2.45, 2.75) is 102 Å². The maximum atomic E-state index is 10.3. The second-order valence-corrected chi connectivity index (χ2v) is 8.10. The summed E-state index contributed by atoms with van der Waals surface area (Å²) in [7, 11) is 0. The number of hydrogen-bond donors (Lipinski definition) is 1. The van der Waals surface area contributed by atoms with Gasteiger partial charge in [-0.1, -0.05) is 62.9 Å². The van der Waals surface area contributed by atoms with Crippen LogP contribution in [-0.4, -0.2) is 35.8 Å². The first kappa shape index (κ1) is 20.8. The second-order valence-electron chi connectivity index (χ2n) is 8.10. The Morgan fingerprint density at radius 1 is 1.07 bits per heavy atom. The van der Waals surface area contributed by atoms with Crippen LogP contribution in [0.2, 0.25) is 0 Å². The Labute approximate surface area is 164 Å². The summed E-state index contributed by atoms with van der Waals surface area (Å²) in [5.74, 6) is -0.414. The zero-order valence-electron chi connectivity index (χ0n) is 16.8. The van der Waals surface area contributed by atoms with E-state index in [4.69, 9.17) is 14.2 Å². The summed E-state index contributed by atoms with van der Waals surface area (Å²) in [6.07, 6.45) is 9.97. The van der Waals surface area contributed by atoms with Crippen molar-refractivity contribution in [2.75, 3.05) is 6.61 Å². The van der Waals surface area contributed by atoms with Gasteiger partial charge in [0.25, 0.3) is 0 Å². The normalized spacial score (nSPS) is 29.9. The van der Waals surface area contributed by atoms with Gasteiger partial charge >= 0.3 is 0 Å². The fourth-order valence-corrected chi connectivity index (χ4v) is 4.27. The molecule has 0 saturated carbocycles. The van der Waals surface area contributed by atoms with Crippen molar-refractivity contribution in [1.82, 2.24) is 0 Å². The van der Waals surface area contributed by atoms with Crippen molar-refractivity contribution >= 4 is 0 Å². The SMILES string of the molecule is CCCCC[C@@]12CC[C@@H](O)[C@@H](O1)[C@@H](CCCCCOCc1ccccc1)O2. The largest absolute Gasteiger partial charge is 0.390 e. The Hall–Kier alpha value is -0.940. The third-order valence-corrected chi connectivity index (χ3v) is 5.83. The van der Waals surface area contributed by atoms with Crippen LogP contribution in [0.3, 0.4) is 0 Å². The van der Waals surface area contributed by atoms with Crippen molar-refractivity contribution in [3.05, 3.63) is 35.9 Å². The van der Waals surface area contributed by atoms with E-state index in [-0.39, 0.29) is 18.3 Å². The summed E-state index contributed by atoms with van der Waals surface area (Å²) >= 11 is 0. The predicted octanol–water partition coefficient (Wildman–Crippen LogP) is 4.98. The molecule has 0 aromatic heterocycles. The average molecular weight is 377 g/mol. The van der Waals surface area contributed by atoms with Gasteiger partial charge in [-0.05, 0) is 31.2 Å². The van der Waals surface area contributed by atoms with E-state index in [1.807, 2.05) is 18.2 Å². The third kappa shape index (κ3) is 6.02. The van der Waals surface area contributed by atoms with Gasteiger partial charge in [0.2, 0.25) is 0 Å². The number of benzene rings is 1. The third-order valence-electron chi connectivity index (χ3n) is 5.83. The van der Waals surface area contributed by atoms with Crippen LogP contribution in [0.5, 0.6) is 0 Å². The van der Waals surface area contributed by atoms with Crippen LogP contribution in [0, 0.1) is 0 Å². The molecular weight excluding hydrogens is 340 g/mol. The molecule has 4 atom stereocenters. The standard InChI is InChI=1S/C23H36O4/c1-2-3-9-15-23-16-14-20(24)22(27-23)21(26-23)13-8-5-10-17-25-18-19-11-6-4-7-12-19/h4,6-7,11-12,20-22,24H,2-3,5,8-10,13-18H2,1H3/t20-,21-,22-,23+/m1/s1. The molecule has 0 amide bonds. The van der Waals surface area contributed by atoms with Gasteiger partial charge in [-0.25, -0.2) is 0 Å². The van der Waals surface area contributed by atoms with Gasteiger partial charge in [-0.15, -0.1) is 0 Å². The molecule has 1 aromatic rings. The Morgan fingerprint density at radius 3 is 2.74 bits per heavy atom. The Morgan fingerprint density at radius 2 is 1.93 bits per heavy atom. The second kappa shape index (κ2) is 10.6. The van der Waals surface area contributed by atoms with E-state index in [9.17, 15) is 5.11 Å². The molecule has 2 saturated heterocycles. The molecule has 3 rings (SSSR count).